The number of rotatable bonds is 4. The largest absolute Gasteiger partial charge is 0.391 e. The molecule has 7 heteroatoms. The van der Waals surface area contributed by atoms with Gasteiger partial charge in [-0.2, -0.15) is 0 Å². The predicted molar refractivity (Wildman–Crippen MR) is 96.6 cm³/mol. The van der Waals surface area contributed by atoms with Crippen molar-refractivity contribution in [3.63, 3.8) is 0 Å². The Labute approximate surface area is 153 Å². The summed E-state index contributed by atoms with van der Waals surface area (Å²) < 4.78 is 4.00. The number of aryl methyl sites for hydroxylation is 1. The first-order valence-corrected chi connectivity index (χ1v) is 10.5. The summed E-state index contributed by atoms with van der Waals surface area (Å²) in [6.45, 7) is 5.93. The molecule has 6 nitrogen and oxygen atoms in total. The fraction of sp³-hybridized carbons (Fsp3) is 0.833. The van der Waals surface area contributed by atoms with Crippen molar-refractivity contribution < 1.29 is 9.90 Å². The summed E-state index contributed by atoms with van der Waals surface area (Å²) in [6.07, 6.45) is 5.90. The predicted octanol–water partition coefficient (Wildman–Crippen LogP) is 1.80. The van der Waals surface area contributed by atoms with Gasteiger partial charge in [-0.05, 0) is 68.6 Å². The van der Waals surface area contributed by atoms with Crippen LogP contribution in [0.3, 0.4) is 0 Å². The Morgan fingerprint density at radius 2 is 1.96 bits per heavy atom. The maximum absolute atomic E-state index is 12.9. The third-order valence-electron chi connectivity index (χ3n) is 6.24. The highest BCUT2D eigenvalue weighted by molar-refractivity contribution is 7.08. The Balaban J connectivity index is 1.43. The molecule has 4 rings (SSSR count). The Hall–Kier alpha value is -1.05. The van der Waals surface area contributed by atoms with Crippen LogP contribution in [0.2, 0.25) is 0 Å². The van der Waals surface area contributed by atoms with E-state index < -0.39 is 0 Å². The Morgan fingerprint density at radius 3 is 2.68 bits per heavy atom. The first-order chi connectivity index (χ1) is 12.2. The van der Waals surface area contributed by atoms with Crippen molar-refractivity contribution in [3.8, 4) is 0 Å². The summed E-state index contributed by atoms with van der Waals surface area (Å²) in [6, 6.07) is 0.291. The number of fused-ring (bicyclic) bond motifs is 1. The van der Waals surface area contributed by atoms with Crippen molar-refractivity contribution in [1.29, 1.82) is 0 Å². The number of hydrogen-bond acceptors (Lipinski definition) is 6. The van der Waals surface area contributed by atoms with E-state index in [1.54, 1.807) is 0 Å². The summed E-state index contributed by atoms with van der Waals surface area (Å²) in [5.41, 5.74) is 0.849. The molecule has 1 aromatic rings. The minimum atomic E-state index is -0.241. The van der Waals surface area contributed by atoms with E-state index >= 15 is 0 Å². The highest BCUT2D eigenvalue weighted by Gasteiger charge is 2.45. The van der Waals surface area contributed by atoms with Crippen molar-refractivity contribution in [2.24, 2.45) is 11.8 Å². The van der Waals surface area contributed by atoms with E-state index in [-0.39, 0.29) is 12.0 Å². The van der Waals surface area contributed by atoms with Crippen LogP contribution < -0.4 is 0 Å². The Bertz CT molecular complexity index is 616. The van der Waals surface area contributed by atoms with E-state index in [9.17, 15) is 9.90 Å². The van der Waals surface area contributed by atoms with Crippen LogP contribution in [0.15, 0.2) is 0 Å². The van der Waals surface area contributed by atoms with Crippen LogP contribution in [0.1, 0.15) is 54.4 Å². The van der Waals surface area contributed by atoms with Crippen molar-refractivity contribution in [1.82, 2.24) is 19.4 Å². The quantitative estimate of drug-likeness (QED) is 0.882. The van der Waals surface area contributed by atoms with Crippen LogP contribution in [-0.4, -0.2) is 68.7 Å². The molecule has 1 saturated carbocycles. The molecule has 1 N–H and O–H groups in total. The molecular weight excluding hydrogens is 336 g/mol. The second-order valence-electron chi connectivity index (χ2n) is 7.88. The van der Waals surface area contributed by atoms with E-state index in [1.807, 2.05) is 4.90 Å². The maximum Gasteiger partial charge on any atom is 0.267 e. The number of carbonyl (C=O) groups is 1. The van der Waals surface area contributed by atoms with Crippen LogP contribution in [0.4, 0.5) is 0 Å². The summed E-state index contributed by atoms with van der Waals surface area (Å²) in [5, 5.41) is 14.8. The second-order valence-corrected chi connectivity index (χ2v) is 8.63. The lowest BCUT2D eigenvalue weighted by atomic mass is 9.77. The molecule has 138 valence electrons. The topological polar surface area (TPSA) is 69.6 Å². The summed E-state index contributed by atoms with van der Waals surface area (Å²) >= 11 is 1.23. The molecule has 3 aliphatic rings. The van der Waals surface area contributed by atoms with Gasteiger partial charge in [0, 0.05) is 19.1 Å². The third-order valence-corrected chi connectivity index (χ3v) is 7.00. The van der Waals surface area contributed by atoms with E-state index in [0.29, 0.717) is 17.9 Å². The summed E-state index contributed by atoms with van der Waals surface area (Å²) in [5.74, 6) is 1.06. The third kappa shape index (κ3) is 3.34. The number of likely N-dealkylation sites (tertiary alicyclic amines) is 2. The smallest absolute Gasteiger partial charge is 0.267 e. The second kappa shape index (κ2) is 7.29. The molecule has 1 aliphatic carbocycles. The fourth-order valence-corrected chi connectivity index (χ4v) is 5.63. The standard InChI is InChI=1S/C18H28N4O2S/c1-2-5-14-17(25-20-19-14)18(24)22-10-12-8-15(21-6-3-4-7-21)16(23)9-13(12)11-22/h12-13,15-16,23H,2-11H2,1H3/t12-,13+,15-,16-/m1/s1. The lowest BCUT2D eigenvalue weighted by Crippen LogP contribution is -2.48. The van der Waals surface area contributed by atoms with Gasteiger partial charge in [-0.25, -0.2) is 0 Å². The zero-order valence-electron chi connectivity index (χ0n) is 14.9. The molecule has 1 aromatic heterocycles. The minimum Gasteiger partial charge on any atom is -0.391 e. The van der Waals surface area contributed by atoms with Crippen molar-refractivity contribution >= 4 is 17.4 Å². The number of nitrogens with zero attached hydrogens (tertiary/aromatic N) is 4. The van der Waals surface area contributed by atoms with Gasteiger partial charge < -0.3 is 10.0 Å². The number of hydrogen-bond donors (Lipinski definition) is 1. The van der Waals surface area contributed by atoms with E-state index in [1.165, 1.54) is 24.4 Å². The molecule has 0 unspecified atom stereocenters. The van der Waals surface area contributed by atoms with E-state index in [0.717, 1.165) is 62.4 Å². The van der Waals surface area contributed by atoms with Gasteiger partial charge in [-0.3, -0.25) is 9.69 Å². The molecule has 3 heterocycles. The van der Waals surface area contributed by atoms with Crippen LogP contribution in [0.25, 0.3) is 0 Å². The highest BCUT2D eigenvalue weighted by Crippen LogP contribution is 2.39. The normalized spacial score (nSPS) is 33.0. The van der Waals surface area contributed by atoms with Crippen LogP contribution in [0.5, 0.6) is 0 Å². The van der Waals surface area contributed by atoms with Crippen molar-refractivity contribution in [2.75, 3.05) is 26.2 Å². The highest BCUT2D eigenvalue weighted by atomic mass is 32.1. The van der Waals surface area contributed by atoms with Gasteiger partial charge in [-0.1, -0.05) is 17.8 Å². The molecule has 25 heavy (non-hydrogen) atoms. The number of aliphatic hydroxyl groups excluding tert-OH is 1. The monoisotopic (exact) mass is 364 g/mol. The molecule has 1 amide bonds. The van der Waals surface area contributed by atoms with Gasteiger partial charge in [0.05, 0.1) is 11.8 Å². The van der Waals surface area contributed by atoms with Gasteiger partial charge in [0.1, 0.15) is 4.88 Å². The van der Waals surface area contributed by atoms with E-state index in [2.05, 4.69) is 21.4 Å². The van der Waals surface area contributed by atoms with Gasteiger partial charge in [0.15, 0.2) is 0 Å². The number of aromatic nitrogens is 2. The lowest BCUT2D eigenvalue weighted by Gasteiger charge is -2.40. The van der Waals surface area contributed by atoms with Gasteiger partial charge in [0.25, 0.3) is 5.91 Å². The number of carbonyl (C=O) groups excluding carboxylic acids is 1. The molecule has 2 aliphatic heterocycles. The van der Waals surface area contributed by atoms with Crippen molar-refractivity contribution in [2.45, 2.75) is 57.6 Å². The molecule has 3 fully saturated rings. The molecule has 0 bridgehead atoms. The van der Waals surface area contributed by atoms with Gasteiger partial charge >= 0.3 is 0 Å². The molecular formula is C18H28N4O2S. The van der Waals surface area contributed by atoms with Gasteiger partial charge in [-0.15, -0.1) is 5.10 Å². The zero-order chi connectivity index (χ0) is 17.4. The fourth-order valence-electron chi connectivity index (χ4n) is 4.95. The molecule has 0 aromatic carbocycles. The number of amides is 1. The molecule has 0 spiro atoms. The first kappa shape index (κ1) is 17.4. The maximum atomic E-state index is 12.9. The van der Waals surface area contributed by atoms with E-state index in [4.69, 9.17) is 0 Å². The van der Waals surface area contributed by atoms with Gasteiger partial charge in [0.2, 0.25) is 0 Å². The van der Waals surface area contributed by atoms with Crippen LogP contribution in [-0.2, 0) is 6.42 Å². The summed E-state index contributed by atoms with van der Waals surface area (Å²) in [7, 11) is 0. The lowest BCUT2D eigenvalue weighted by molar-refractivity contribution is -0.000864. The van der Waals surface area contributed by atoms with Crippen LogP contribution >= 0.6 is 11.5 Å². The minimum absolute atomic E-state index is 0.0973. The zero-order valence-corrected chi connectivity index (χ0v) is 15.7. The first-order valence-electron chi connectivity index (χ1n) is 9.70. The molecule has 2 saturated heterocycles. The average molecular weight is 365 g/mol. The summed E-state index contributed by atoms with van der Waals surface area (Å²) in [4.78, 5) is 18.1. The SMILES string of the molecule is CCCc1nnsc1C(=O)N1C[C@H]2C[C@@H](N3CCCC3)[C@H](O)C[C@H]2C1. The molecule has 0 radical (unpaired) electrons. The molecule has 4 atom stereocenters. The average Bonchev–Trinajstić information content (AvgIpc) is 3.33. The van der Waals surface area contributed by atoms with Crippen LogP contribution in [0, 0.1) is 11.8 Å². The number of aliphatic hydroxyl groups is 1. The Kier molecular flexibility index (Phi) is 5.06. The Morgan fingerprint density at radius 1 is 1.24 bits per heavy atom. The van der Waals surface area contributed by atoms with Crippen molar-refractivity contribution in [3.05, 3.63) is 10.6 Å².